The average molecular weight is 326 g/mol. The Balaban J connectivity index is 2.47. The molecular formula is C17H30N2O4. The number of aliphatic carboxylic acids is 1. The van der Waals surface area contributed by atoms with Gasteiger partial charge in [0, 0.05) is 32.5 Å². The van der Waals surface area contributed by atoms with Crippen LogP contribution in [0.3, 0.4) is 0 Å². The zero-order valence-electron chi connectivity index (χ0n) is 14.6. The van der Waals surface area contributed by atoms with Gasteiger partial charge in [0.15, 0.2) is 0 Å². The SMILES string of the molecule is CCCN(CCC)C(=O)CCCC(=O)N1CCCC1(C)C(=O)O. The van der Waals surface area contributed by atoms with Gasteiger partial charge in [0.2, 0.25) is 11.8 Å². The van der Waals surface area contributed by atoms with E-state index >= 15 is 0 Å². The van der Waals surface area contributed by atoms with Crippen LogP contribution in [0.2, 0.25) is 0 Å². The fourth-order valence-corrected chi connectivity index (χ4v) is 3.17. The molecule has 2 amide bonds. The van der Waals surface area contributed by atoms with Gasteiger partial charge in [-0.1, -0.05) is 13.8 Å². The van der Waals surface area contributed by atoms with E-state index in [2.05, 4.69) is 0 Å². The molecule has 1 rings (SSSR count). The molecule has 1 N–H and O–H groups in total. The number of nitrogens with zero attached hydrogens (tertiary/aromatic N) is 2. The number of carboxylic acid groups (broad SMARTS) is 1. The van der Waals surface area contributed by atoms with Crippen molar-refractivity contribution < 1.29 is 19.5 Å². The van der Waals surface area contributed by atoms with Crippen LogP contribution in [-0.4, -0.2) is 57.9 Å². The Morgan fingerprint density at radius 3 is 2.26 bits per heavy atom. The van der Waals surface area contributed by atoms with Crippen molar-refractivity contribution in [3.63, 3.8) is 0 Å². The standard InChI is InChI=1S/C17H30N2O4/c1-4-11-18(12-5-2)14(20)8-6-9-15(21)19-13-7-10-17(19,3)16(22)23/h4-13H2,1-3H3,(H,22,23). The summed E-state index contributed by atoms with van der Waals surface area (Å²) in [5.74, 6) is -1.02. The number of amides is 2. The largest absolute Gasteiger partial charge is 0.480 e. The molecule has 0 saturated carbocycles. The molecule has 1 atom stereocenters. The van der Waals surface area contributed by atoms with Gasteiger partial charge in [0.25, 0.3) is 0 Å². The van der Waals surface area contributed by atoms with E-state index in [1.165, 1.54) is 4.90 Å². The van der Waals surface area contributed by atoms with Gasteiger partial charge in [-0.2, -0.15) is 0 Å². The number of rotatable bonds is 9. The van der Waals surface area contributed by atoms with Gasteiger partial charge in [0.05, 0.1) is 0 Å². The molecule has 6 heteroatoms. The molecule has 0 radical (unpaired) electrons. The van der Waals surface area contributed by atoms with Crippen LogP contribution in [0.25, 0.3) is 0 Å². The molecule has 0 aliphatic carbocycles. The van der Waals surface area contributed by atoms with Crippen molar-refractivity contribution in [3.05, 3.63) is 0 Å². The normalized spacial score (nSPS) is 20.6. The highest BCUT2D eigenvalue weighted by atomic mass is 16.4. The van der Waals surface area contributed by atoms with Crippen LogP contribution in [0.5, 0.6) is 0 Å². The monoisotopic (exact) mass is 326 g/mol. The topological polar surface area (TPSA) is 77.9 Å². The number of carbonyl (C=O) groups is 3. The molecule has 23 heavy (non-hydrogen) atoms. The third-order valence-corrected chi connectivity index (χ3v) is 4.52. The van der Waals surface area contributed by atoms with Gasteiger partial charge in [-0.3, -0.25) is 9.59 Å². The second kappa shape index (κ2) is 8.89. The molecule has 132 valence electrons. The Morgan fingerprint density at radius 1 is 1.13 bits per heavy atom. The maximum atomic E-state index is 12.3. The highest BCUT2D eigenvalue weighted by Crippen LogP contribution is 2.30. The van der Waals surface area contributed by atoms with E-state index in [-0.39, 0.29) is 18.2 Å². The van der Waals surface area contributed by atoms with Gasteiger partial charge in [-0.15, -0.1) is 0 Å². The summed E-state index contributed by atoms with van der Waals surface area (Å²) in [6.07, 6.45) is 4.13. The molecule has 0 spiro atoms. The molecule has 1 aliphatic heterocycles. The van der Waals surface area contributed by atoms with Crippen LogP contribution in [0.4, 0.5) is 0 Å². The molecule has 1 fully saturated rings. The van der Waals surface area contributed by atoms with Crippen molar-refractivity contribution in [2.24, 2.45) is 0 Å². The highest BCUT2D eigenvalue weighted by molar-refractivity contribution is 5.87. The first-order valence-corrected chi connectivity index (χ1v) is 8.68. The molecule has 0 bridgehead atoms. The van der Waals surface area contributed by atoms with E-state index in [0.29, 0.717) is 32.2 Å². The van der Waals surface area contributed by atoms with Crippen LogP contribution in [0.15, 0.2) is 0 Å². The third-order valence-electron chi connectivity index (χ3n) is 4.52. The van der Waals surface area contributed by atoms with Crippen molar-refractivity contribution in [3.8, 4) is 0 Å². The molecule has 1 saturated heterocycles. The van der Waals surface area contributed by atoms with Crippen molar-refractivity contribution in [2.45, 2.75) is 71.3 Å². The summed E-state index contributed by atoms with van der Waals surface area (Å²) in [5.41, 5.74) is -1.09. The van der Waals surface area contributed by atoms with Crippen LogP contribution in [0.1, 0.15) is 65.7 Å². The molecule has 0 aromatic heterocycles. The fraction of sp³-hybridized carbons (Fsp3) is 0.824. The summed E-state index contributed by atoms with van der Waals surface area (Å²) in [7, 11) is 0. The minimum atomic E-state index is -1.09. The number of carboxylic acids is 1. The van der Waals surface area contributed by atoms with E-state index in [0.717, 1.165) is 25.9 Å². The Kier molecular flexibility index (Phi) is 7.52. The molecule has 1 unspecified atom stereocenters. The fourth-order valence-electron chi connectivity index (χ4n) is 3.17. The van der Waals surface area contributed by atoms with E-state index in [1.54, 1.807) is 6.92 Å². The van der Waals surface area contributed by atoms with Crippen LogP contribution >= 0.6 is 0 Å². The zero-order valence-corrected chi connectivity index (χ0v) is 14.6. The lowest BCUT2D eigenvalue weighted by molar-refractivity contribution is -0.155. The summed E-state index contributed by atoms with van der Waals surface area (Å²) in [4.78, 5) is 39.2. The van der Waals surface area contributed by atoms with Gasteiger partial charge in [-0.25, -0.2) is 4.79 Å². The Bertz CT molecular complexity index is 432. The molecule has 0 aromatic carbocycles. The first-order chi connectivity index (χ1) is 10.9. The zero-order chi connectivity index (χ0) is 17.5. The Hall–Kier alpha value is -1.59. The summed E-state index contributed by atoms with van der Waals surface area (Å²) in [6.45, 7) is 7.69. The van der Waals surface area contributed by atoms with Crippen molar-refractivity contribution in [2.75, 3.05) is 19.6 Å². The highest BCUT2D eigenvalue weighted by Gasteiger charge is 2.45. The lowest BCUT2D eigenvalue weighted by atomic mass is 9.99. The summed E-state index contributed by atoms with van der Waals surface area (Å²) >= 11 is 0. The predicted octanol–water partition coefficient (Wildman–Crippen LogP) is 2.27. The van der Waals surface area contributed by atoms with Crippen LogP contribution < -0.4 is 0 Å². The van der Waals surface area contributed by atoms with Crippen molar-refractivity contribution >= 4 is 17.8 Å². The van der Waals surface area contributed by atoms with Crippen LogP contribution in [0, 0.1) is 0 Å². The van der Waals surface area contributed by atoms with E-state index in [4.69, 9.17) is 0 Å². The van der Waals surface area contributed by atoms with Crippen LogP contribution in [-0.2, 0) is 14.4 Å². The van der Waals surface area contributed by atoms with Crippen molar-refractivity contribution in [1.29, 1.82) is 0 Å². The first-order valence-electron chi connectivity index (χ1n) is 8.68. The van der Waals surface area contributed by atoms with E-state index in [9.17, 15) is 19.5 Å². The molecule has 1 aliphatic rings. The van der Waals surface area contributed by atoms with Gasteiger partial charge in [0.1, 0.15) is 5.54 Å². The third kappa shape index (κ3) is 4.94. The maximum absolute atomic E-state index is 12.3. The molecule has 0 aromatic rings. The predicted molar refractivity (Wildman–Crippen MR) is 88.0 cm³/mol. The summed E-state index contributed by atoms with van der Waals surface area (Å²) < 4.78 is 0. The Labute approximate surface area is 138 Å². The number of carbonyl (C=O) groups excluding carboxylic acids is 2. The second-order valence-corrected chi connectivity index (χ2v) is 6.46. The number of hydrogen-bond acceptors (Lipinski definition) is 3. The smallest absolute Gasteiger partial charge is 0.329 e. The summed E-state index contributed by atoms with van der Waals surface area (Å²) in [5, 5.41) is 9.34. The maximum Gasteiger partial charge on any atom is 0.329 e. The lowest BCUT2D eigenvalue weighted by Gasteiger charge is -2.31. The lowest BCUT2D eigenvalue weighted by Crippen LogP contribution is -2.50. The minimum absolute atomic E-state index is 0.0870. The summed E-state index contributed by atoms with van der Waals surface area (Å²) in [6, 6.07) is 0. The first kappa shape index (κ1) is 19.5. The number of likely N-dealkylation sites (tertiary alicyclic amines) is 1. The average Bonchev–Trinajstić information content (AvgIpc) is 2.90. The quantitative estimate of drug-likeness (QED) is 0.705. The van der Waals surface area contributed by atoms with E-state index < -0.39 is 11.5 Å². The van der Waals surface area contributed by atoms with Gasteiger partial charge in [-0.05, 0) is 39.0 Å². The molecular weight excluding hydrogens is 296 g/mol. The van der Waals surface area contributed by atoms with Gasteiger partial charge < -0.3 is 14.9 Å². The van der Waals surface area contributed by atoms with E-state index in [1.807, 2.05) is 18.7 Å². The Morgan fingerprint density at radius 2 is 1.74 bits per heavy atom. The molecule has 1 heterocycles. The number of hydrogen-bond donors (Lipinski definition) is 1. The molecule has 6 nitrogen and oxygen atoms in total. The van der Waals surface area contributed by atoms with Crippen molar-refractivity contribution in [1.82, 2.24) is 9.80 Å². The van der Waals surface area contributed by atoms with Gasteiger partial charge >= 0.3 is 5.97 Å². The second-order valence-electron chi connectivity index (χ2n) is 6.46. The minimum Gasteiger partial charge on any atom is -0.480 e.